The third-order valence-electron chi connectivity index (χ3n) is 2.27. The molecule has 0 atom stereocenters. The van der Waals surface area contributed by atoms with Crippen molar-refractivity contribution in [2.45, 2.75) is 32.1 Å². The van der Waals surface area contributed by atoms with Crippen LogP contribution in [0.15, 0.2) is 0 Å². The highest BCUT2D eigenvalue weighted by atomic mass is 16.2. The van der Waals surface area contributed by atoms with E-state index in [0.29, 0.717) is 12.8 Å². The number of amides is 2. The van der Waals surface area contributed by atoms with Gasteiger partial charge in [0, 0.05) is 25.9 Å². The first-order valence-corrected chi connectivity index (χ1v) is 4.76. The van der Waals surface area contributed by atoms with Crippen LogP contribution in [-0.2, 0) is 9.59 Å². The lowest BCUT2D eigenvalue weighted by Gasteiger charge is -2.30. The molecule has 0 radical (unpaired) electrons. The molecule has 13 heavy (non-hydrogen) atoms. The van der Waals surface area contributed by atoms with Crippen LogP contribution in [0.2, 0.25) is 0 Å². The number of unbranched alkanes of at least 4 members (excludes halogenated alkanes) is 1. The number of hydrogen-bond acceptors (Lipinski definition) is 2. The van der Waals surface area contributed by atoms with Gasteiger partial charge in [-0.15, -0.1) is 0 Å². The van der Waals surface area contributed by atoms with Crippen LogP contribution in [0.25, 0.3) is 0 Å². The van der Waals surface area contributed by atoms with Crippen LogP contribution in [0.4, 0.5) is 0 Å². The van der Waals surface area contributed by atoms with Gasteiger partial charge in [0.05, 0.1) is 0 Å². The molecule has 2 N–H and O–H groups in total. The van der Waals surface area contributed by atoms with Crippen LogP contribution in [0.1, 0.15) is 32.1 Å². The molecule has 1 heterocycles. The lowest BCUT2D eigenvalue weighted by molar-refractivity contribution is -0.134. The van der Waals surface area contributed by atoms with Crippen molar-refractivity contribution in [1.82, 2.24) is 4.90 Å². The summed E-state index contributed by atoms with van der Waals surface area (Å²) in [7, 11) is 0. The fraction of sp³-hybridized carbons (Fsp3) is 0.778. The topological polar surface area (TPSA) is 63.4 Å². The average molecular weight is 184 g/mol. The van der Waals surface area contributed by atoms with E-state index in [9.17, 15) is 9.59 Å². The van der Waals surface area contributed by atoms with Crippen molar-refractivity contribution in [2.24, 2.45) is 5.73 Å². The second-order valence-corrected chi connectivity index (χ2v) is 3.41. The van der Waals surface area contributed by atoms with E-state index < -0.39 is 0 Å². The number of hydrogen-bond donors (Lipinski definition) is 1. The summed E-state index contributed by atoms with van der Waals surface area (Å²) in [6.07, 6.45) is 3.60. The Morgan fingerprint density at radius 3 is 2.23 bits per heavy atom. The molecule has 0 spiro atoms. The predicted octanol–water partition coefficient (Wildman–Crippen LogP) is 0.264. The Morgan fingerprint density at radius 2 is 1.77 bits per heavy atom. The van der Waals surface area contributed by atoms with E-state index in [1.165, 1.54) is 0 Å². The predicted molar refractivity (Wildman–Crippen MR) is 48.9 cm³/mol. The van der Waals surface area contributed by atoms with E-state index in [4.69, 9.17) is 5.73 Å². The zero-order chi connectivity index (χ0) is 9.68. The first-order valence-electron chi connectivity index (χ1n) is 4.76. The molecule has 0 aromatic carbocycles. The van der Waals surface area contributed by atoms with E-state index in [0.717, 1.165) is 32.4 Å². The van der Waals surface area contributed by atoms with Crippen LogP contribution in [0.5, 0.6) is 0 Å². The van der Waals surface area contributed by atoms with Gasteiger partial charge in [-0.1, -0.05) is 0 Å². The van der Waals surface area contributed by atoms with Gasteiger partial charge in [0.1, 0.15) is 0 Å². The maximum atomic E-state index is 11.3. The second kappa shape index (κ2) is 4.84. The highest BCUT2D eigenvalue weighted by Gasteiger charge is 2.18. The smallest absolute Gasteiger partial charge is 0.222 e. The van der Waals surface area contributed by atoms with Crippen LogP contribution in [0.3, 0.4) is 0 Å². The van der Waals surface area contributed by atoms with Gasteiger partial charge in [-0.3, -0.25) is 9.59 Å². The third kappa shape index (κ3) is 3.44. The van der Waals surface area contributed by atoms with Crippen molar-refractivity contribution < 1.29 is 9.59 Å². The van der Waals surface area contributed by atoms with E-state index in [1.807, 2.05) is 4.90 Å². The molecule has 0 unspecified atom stereocenters. The Bertz CT molecular complexity index is 200. The normalized spacial score (nSPS) is 15.2. The van der Waals surface area contributed by atoms with Gasteiger partial charge in [-0.2, -0.15) is 0 Å². The molecular weight excluding hydrogens is 168 g/mol. The molecule has 0 aromatic heterocycles. The first-order chi connectivity index (χ1) is 6.20. The van der Waals surface area contributed by atoms with Gasteiger partial charge in [0.15, 0.2) is 0 Å². The summed E-state index contributed by atoms with van der Waals surface area (Å²) in [4.78, 5) is 23.5. The minimum absolute atomic E-state index is 0.218. The van der Waals surface area contributed by atoms with E-state index >= 15 is 0 Å². The summed E-state index contributed by atoms with van der Waals surface area (Å²) in [5, 5.41) is 0. The fourth-order valence-electron chi connectivity index (χ4n) is 1.30. The zero-order valence-corrected chi connectivity index (χ0v) is 7.79. The fourth-order valence-corrected chi connectivity index (χ4v) is 1.30. The molecule has 4 heteroatoms. The number of likely N-dealkylation sites (tertiary alicyclic amines) is 1. The molecule has 0 bridgehead atoms. The van der Waals surface area contributed by atoms with Gasteiger partial charge < -0.3 is 10.6 Å². The van der Waals surface area contributed by atoms with Crippen molar-refractivity contribution in [3.05, 3.63) is 0 Å². The van der Waals surface area contributed by atoms with Gasteiger partial charge in [0.2, 0.25) is 11.8 Å². The van der Waals surface area contributed by atoms with Gasteiger partial charge in [0.25, 0.3) is 0 Å². The Morgan fingerprint density at radius 1 is 1.15 bits per heavy atom. The van der Waals surface area contributed by atoms with Crippen molar-refractivity contribution in [3.63, 3.8) is 0 Å². The summed E-state index contributed by atoms with van der Waals surface area (Å²) in [6, 6.07) is 0. The van der Waals surface area contributed by atoms with Crippen LogP contribution in [0, 0.1) is 0 Å². The molecule has 74 valence electrons. The molecule has 2 amide bonds. The summed E-state index contributed by atoms with van der Waals surface area (Å²) in [5.74, 6) is -0.0629. The van der Waals surface area contributed by atoms with Gasteiger partial charge >= 0.3 is 0 Å². The molecule has 1 aliphatic rings. The molecule has 1 fully saturated rings. The third-order valence-corrected chi connectivity index (χ3v) is 2.27. The number of nitrogens with two attached hydrogens (primary N) is 1. The number of carbonyl (C=O) groups excluding carboxylic acids is 2. The lowest BCUT2D eigenvalue weighted by Crippen LogP contribution is -2.41. The minimum Gasteiger partial charge on any atom is -0.370 e. The Balaban J connectivity index is 1.98. The molecule has 1 saturated heterocycles. The molecule has 1 rings (SSSR count). The Kier molecular flexibility index (Phi) is 3.73. The van der Waals surface area contributed by atoms with Crippen molar-refractivity contribution in [1.29, 1.82) is 0 Å². The van der Waals surface area contributed by atoms with E-state index in [2.05, 4.69) is 0 Å². The van der Waals surface area contributed by atoms with E-state index in [-0.39, 0.29) is 11.8 Å². The molecule has 0 aromatic rings. The quantitative estimate of drug-likeness (QED) is 0.623. The van der Waals surface area contributed by atoms with Crippen molar-refractivity contribution in [3.8, 4) is 0 Å². The monoisotopic (exact) mass is 184 g/mol. The maximum absolute atomic E-state index is 11.3. The standard InChI is InChI=1S/C9H16N2O2/c10-8(12)4-1-2-5-9(13)11-6-3-7-11/h1-7H2,(H2,10,12). The SMILES string of the molecule is NC(=O)CCCCC(=O)N1CCC1. The Labute approximate surface area is 78.1 Å². The molecular formula is C9H16N2O2. The van der Waals surface area contributed by atoms with E-state index in [1.54, 1.807) is 0 Å². The number of nitrogens with zero attached hydrogens (tertiary/aromatic N) is 1. The first kappa shape index (κ1) is 10.0. The molecule has 0 aliphatic carbocycles. The van der Waals surface area contributed by atoms with Crippen molar-refractivity contribution in [2.75, 3.05) is 13.1 Å². The largest absolute Gasteiger partial charge is 0.370 e. The second-order valence-electron chi connectivity index (χ2n) is 3.41. The summed E-state index contributed by atoms with van der Waals surface area (Å²) in [6.45, 7) is 1.82. The maximum Gasteiger partial charge on any atom is 0.222 e. The highest BCUT2D eigenvalue weighted by Crippen LogP contribution is 2.10. The Hall–Kier alpha value is -1.06. The summed E-state index contributed by atoms with van der Waals surface area (Å²) in [5.41, 5.74) is 4.97. The minimum atomic E-state index is -0.281. The highest BCUT2D eigenvalue weighted by molar-refractivity contribution is 5.77. The summed E-state index contributed by atoms with van der Waals surface area (Å²) < 4.78 is 0. The lowest BCUT2D eigenvalue weighted by atomic mass is 10.1. The molecule has 1 aliphatic heterocycles. The number of carbonyl (C=O) groups is 2. The van der Waals surface area contributed by atoms with Crippen molar-refractivity contribution >= 4 is 11.8 Å². The number of rotatable bonds is 5. The molecule has 4 nitrogen and oxygen atoms in total. The van der Waals surface area contributed by atoms with Gasteiger partial charge in [-0.05, 0) is 19.3 Å². The van der Waals surface area contributed by atoms with Gasteiger partial charge in [-0.25, -0.2) is 0 Å². The average Bonchev–Trinajstić information content (AvgIpc) is 1.94. The van der Waals surface area contributed by atoms with Crippen LogP contribution in [-0.4, -0.2) is 29.8 Å². The summed E-state index contributed by atoms with van der Waals surface area (Å²) >= 11 is 0. The van der Waals surface area contributed by atoms with Crippen LogP contribution < -0.4 is 5.73 Å². The zero-order valence-electron chi connectivity index (χ0n) is 7.79. The molecule has 0 saturated carbocycles. The van der Waals surface area contributed by atoms with Crippen LogP contribution >= 0.6 is 0 Å². The number of primary amides is 1.